The second kappa shape index (κ2) is 13.3. The summed E-state index contributed by atoms with van der Waals surface area (Å²) in [4.78, 5) is 69.5. The predicted octanol–water partition coefficient (Wildman–Crippen LogP) is -5.08. The van der Waals surface area contributed by atoms with E-state index in [9.17, 15) is 33.9 Å². The van der Waals surface area contributed by atoms with E-state index in [4.69, 9.17) is 22.3 Å². The summed E-state index contributed by atoms with van der Waals surface area (Å²) in [6.45, 7) is -0.895. The van der Waals surface area contributed by atoms with E-state index < -0.39 is 72.7 Å². The van der Waals surface area contributed by atoms with Crippen LogP contribution in [0.4, 0.5) is 0 Å². The summed E-state index contributed by atoms with van der Waals surface area (Å²) in [6, 6.07) is -5.70. The molecule has 170 valence electrons. The first kappa shape index (κ1) is 27.1. The SMILES string of the molecule is NC(=O)CCC(NC(=O)C(N)CC(N)=O)C(=O)NC(CO)C(=O)NC(CS)C(=O)O. The van der Waals surface area contributed by atoms with E-state index in [0.29, 0.717) is 0 Å². The maximum atomic E-state index is 12.5. The quantitative estimate of drug-likeness (QED) is 0.114. The number of aliphatic carboxylic acids is 1. The molecule has 0 aromatic heterocycles. The second-order valence-corrected chi connectivity index (χ2v) is 6.53. The molecular formula is C15H26N6O8S. The number of amides is 5. The molecule has 0 aromatic carbocycles. The number of aliphatic hydroxyl groups excluding tert-OH is 1. The van der Waals surface area contributed by atoms with Gasteiger partial charge in [0.25, 0.3) is 0 Å². The summed E-state index contributed by atoms with van der Waals surface area (Å²) in [5.74, 6) is -6.19. The Balaban J connectivity index is 5.24. The molecule has 14 nitrogen and oxygen atoms in total. The Morgan fingerprint density at radius 1 is 0.833 bits per heavy atom. The van der Waals surface area contributed by atoms with Crippen LogP contribution in [0, 0.1) is 0 Å². The van der Waals surface area contributed by atoms with Crippen LogP contribution in [-0.2, 0) is 28.8 Å². The number of carbonyl (C=O) groups excluding carboxylic acids is 5. The zero-order chi connectivity index (χ0) is 23.4. The van der Waals surface area contributed by atoms with Crippen molar-refractivity contribution in [3.8, 4) is 0 Å². The van der Waals surface area contributed by atoms with Gasteiger partial charge in [0.05, 0.1) is 19.1 Å². The zero-order valence-corrected chi connectivity index (χ0v) is 16.8. The van der Waals surface area contributed by atoms with Crippen molar-refractivity contribution in [1.29, 1.82) is 0 Å². The zero-order valence-electron chi connectivity index (χ0n) is 15.9. The minimum Gasteiger partial charge on any atom is -0.480 e. The summed E-state index contributed by atoms with van der Waals surface area (Å²) in [6.07, 6.45) is -1.09. The van der Waals surface area contributed by atoms with Crippen LogP contribution in [0.2, 0.25) is 0 Å². The highest BCUT2D eigenvalue weighted by Gasteiger charge is 2.30. The Morgan fingerprint density at radius 3 is 1.77 bits per heavy atom. The number of thiol groups is 1. The van der Waals surface area contributed by atoms with Crippen LogP contribution in [0.25, 0.3) is 0 Å². The minimum absolute atomic E-state index is 0.248. The number of primary amides is 2. The lowest BCUT2D eigenvalue weighted by Crippen LogP contribution is -2.58. The monoisotopic (exact) mass is 450 g/mol. The molecule has 4 unspecified atom stereocenters. The summed E-state index contributed by atoms with van der Waals surface area (Å²) in [5.41, 5.74) is 15.5. The Morgan fingerprint density at radius 2 is 1.33 bits per heavy atom. The van der Waals surface area contributed by atoms with Crippen LogP contribution >= 0.6 is 12.6 Å². The number of carboxylic acids is 1. The molecule has 11 N–H and O–H groups in total. The number of hydrogen-bond donors (Lipinski definition) is 9. The van der Waals surface area contributed by atoms with Gasteiger partial charge >= 0.3 is 5.97 Å². The summed E-state index contributed by atoms with van der Waals surface area (Å²) in [5, 5.41) is 24.7. The summed E-state index contributed by atoms with van der Waals surface area (Å²) < 4.78 is 0. The van der Waals surface area contributed by atoms with Gasteiger partial charge in [-0.1, -0.05) is 0 Å². The molecule has 0 saturated heterocycles. The van der Waals surface area contributed by atoms with Crippen molar-refractivity contribution in [3.05, 3.63) is 0 Å². The molecular weight excluding hydrogens is 424 g/mol. The van der Waals surface area contributed by atoms with Crippen LogP contribution in [0.1, 0.15) is 19.3 Å². The summed E-state index contributed by atoms with van der Waals surface area (Å²) >= 11 is 3.78. The van der Waals surface area contributed by atoms with Gasteiger partial charge in [-0.3, -0.25) is 24.0 Å². The largest absolute Gasteiger partial charge is 0.480 e. The van der Waals surface area contributed by atoms with E-state index in [1.165, 1.54) is 0 Å². The number of carbonyl (C=O) groups is 6. The van der Waals surface area contributed by atoms with Crippen molar-refractivity contribution in [2.24, 2.45) is 17.2 Å². The lowest BCUT2D eigenvalue weighted by Gasteiger charge is -2.23. The van der Waals surface area contributed by atoms with Gasteiger partial charge in [-0.05, 0) is 6.42 Å². The maximum Gasteiger partial charge on any atom is 0.327 e. The Bertz CT molecular complexity index is 676. The average molecular weight is 450 g/mol. The fourth-order valence-corrected chi connectivity index (χ4v) is 2.32. The second-order valence-electron chi connectivity index (χ2n) is 6.17. The fraction of sp³-hybridized carbons (Fsp3) is 0.600. The maximum absolute atomic E-state index is 12.5. The highest BCUT2D eigenvalue weighted by atomic mass is 32.1. The minimum atomic E-state index is -1.56. The highest BCUT2D eigenvalue weighted by molar-refractivity contribution is 7.80. The molecule has 0 aliphatic rings. The van der Waals surface area contributed by atoms with Crippen molar-refractivity contribution in [3.63, 3.8) is 0 Å². The Hall–Kier alpha value is -2.91. The van der Waals surface area contributed by atoms with E-state index in [2.05, 4.69) is 28.6 Å². The number of nitrogens with two attached hydrogens (primary N) is 3. The Kier molecular flexibility index (Phi) is 12.0. The van der Waals surface area contributed by atoms with E-state index in [-0.39, 0.29) is 18.6 Å². The first-order valence-corrected chi connectivity index (χ1v) is 9.23. The molecule has 0 aromatic rings. The first-order valence-electron chi connectivity index (χ1n) is 8.60. The third-order valence-corrected chi connectivity index (χ3v) is 4.05. The van der Waals surface area contributed by atoms with Crippen LogP contribution in [0.15, 0.2) is 0 Å². The third kappa shape index (κ3) is 10.0. The molecule has 0 bridgehead atoms. The number of nitrogens with one attached hydrogen (secondary N) is 3. The van der Waals surface area contributed by atoms with Gasteiger partial charge in [0.2, 0.25) is 29.5 Å². The van der Waals surface area contributed by atoms with Gasteiger partial charge < -0.3 is 43.4 Å². The topological polar surface area (TPSA) is 257 Å². The van der Waals surface area contributed by atoms with E-state index in [1.54, 1.807) is 0 Å². The molecule has 4 atom stereocenters. The van der Waals surface area contributed by atoms with Crippen molar-refractivity contribution >= 4 is 48.1 Å². The molecule has 30 heavy (non-hydrogen) atoms. The van der Waals surface area contributed by atoms with Crippen molar-refractivity contribution in [2.75, 3.05) is 12.4 Å². The van der Waals surface area contributed by atoms with E-state index in [1.807, 2.05) is 0 Å². The van der Waals surface area contributed by atoms with Crippen LogP contribution < -0.4 is 33.2 Å². The highest BCUT2D eigenvalue weighted by Crippen LogP contribution is 2.01. The normalized spacial score (nSPS) is 14.5. The van der Waals surface area contributed by atoms with Gasteiger partial charge in [-0.25, -0.2) is 4.79 Å². The van der Waals surface area contributed by atoms with Gasteiger partial charge in [-0.15, -0.1) is 0 Å². The standard InChI is InChI=1S/C15H26N6O8S/c16-6(3-11(18)24)12(25)19-7(1-2-10(17)23)13(26)20-8(4-22)14(27)21-9(5-30)15(28)29/h6-9,22,30H,1-5,16H2,(H2,17,23)(H2,18,24)(H,19,25)(H,20,26)(H,21,27)(H,28,29). The van der Waals surface area contributed by atoms with Gasteiger partial charge in [0.15, 0.2) is 0 Å². The molecule has 0 radical (unpaired) electrons. The van der Waals surface area contributed by atoms with Crippen molar-refractivity contribution in [2.45, 2.75) is 43.4 Å². The molecule has 0 spiro atoms. The number of carboxylic acid groups (broad SMARTS) is 1. The van der Waals surface area contributed by atoms with E-state index >= 15 is 0 Å². The fourth-order valence-electron chi connectivity index (χ4n) is 2.07. The number of rotatable bonds is 14. The van der Waals surface area contributed by atoms with Gasteiger partial charge in [-0.2, -0.15) is 12.6 Å². The summed E-state index contributed by atoms with van der Waals surface area (Å²) in [7, 11) is 0. The van der Waals surface area contributed by atoms with Gasteiger partial charge in [0.1, 0.15) is 18.1 Å². The third-order valence-electron chi connectivity index (χ3n) is 3.68. The van der Waals surface area contributed by atoms with Crippen LogP contribution in [0.5, 0.6) is 0 Å². The molecule has 0 aliphatic heterocycles. The molecule has 0 heterocycles. The van der Waals surface area contributed by atoms with Crippen LogP contribution in [-0.4, -0.2) is 82.2 Å². The molecule has 0 saturated carbocycles. The average Bonchev–Trinajstić information content (AvgIpc) is 2.65. The number of hydrogen-bond acceptors (Lipinski definition) is 9. The predicted molar refractivity (Wildman–Crippen MR) is 105 cm³/mol. The smallest absolute Gasteiger partial charge is 0.327 e. The van der Waals surface area contributed by atoms with Crippen molar-refractivity contribution < 1.29 is 39.0 Å². The molecule has 15 heteroatoms. The van der Waals surface area contributed by atoms with Crippen LogP contribution in [0.3, 0.4) is 0 Å². The van der Waals surface area contributed by atoms with Crippen molar-refractivity contribution in [1.82, 2.24) is 16.0 Å². The van der Waals surface area contributed by atoms with E-state index in [0.717, 1.165) is 0 Å². The molecule has 0 fully saturated rings. The molecule has 0 aliphatic carbocycles. The lowest BCUT2D eigenvalue weighted by molar-refractivity contribution is -0.142. The molecule has 5 amide bonds. The van der Waals surface area contributed by atoms with Gasteiger partial charge in [0, 0.05) is 12.2 Å². The first-order chi connectivity index (χ1) is 13.9. The Labute approximate surface area is 176 Å². The number of aliphatic hydroxyl groups is 1. The lowest BCUT2D eigenvalue weighted by atomic mass is 10.1. The molecule has 0 rings (SSSR count).